The number of piperidine rings is 1. The zero-order valence-electron chi connectivity index (χ0n) is 24.3. The molecule has 0 saturated carbocycles. The number of hydrogen-bond acceptors (Lipinski definition) is 6. The Bertz CT molecular complexity index is 1280. The summed E-state index contributed by atoms with van der Waals surface area (Å²) in [5, 5.41) is 11.8. The van der Waals surface area contributed by atoms with E-state index in [1.807, 2.05) is 48.5 Å². The summed E-state index contributed by atoms with van der Waals surface area (Å²) in [5.74, 6) is -0.133. The Morgan fingerprint density at radius 3 is 2.07 bits per heavy atom. The van der Waals surface area contributed by atoms with Crippen molar-refractivity contribution >= 4 is 11.9 Å². The number of halogens is 1. The van der Waals surface area contributed by atoms with Crippen LogP contribution in [0.5, 0.6) is 5.75 Å². The number of hydrogen-bond donors (Lipinski definition) is 1. The molecule has 0 amide bonds. The maximum atomic E-state index is 13.7. The van der Waals surface area contributed by atoms with Crippen molar-refractivity contribution in [1.82, 2.24) is 0 Å². The highest BCUT2D eigenvalue weighted by atomic mass is 79.9. The number of nitrogens with zero attached hydrogens (tertiary/aromatic N) is 1. The number of carbonyl (C=O) groups excluding carboxylic acids is 2. The third kappa shape index (κ3) is 6.72. The van der Waals surface area contributed by atoms with Crippen LogP contribution in [0, 0.1) is 0 Å². The predicted octanol–water partition coefficient (Wildman–Crippen LogP) is 2.14. The van der Waals surface area contributed by atoms with E-state index in [1.165, 1.54) is 5.56 Å². The summed E-state index contributed by atoms with van der Waals surface area (Å²) in [6, 6.07) is 26.8. The third-order valence-corrected chi connectivity index (χ3v) is 8.83. The Morgan fingerprint density at radius 1 is 0.905 bits per heavy atom. The van der Waals surface area contributed by atoms with Crippen molar-refractivity contribution in [1.29, 1.82) is 0 Å². The monoisotopic (exact) mass is 637 g/mol. The topological polar surface area (TPSA) is 82.1 Å². The Kier molecular flexibility index (Phi) is 10.5. The summed E-state index contributed by atoms with van der Waals surface area (Å²) < 4.78 is 17.8. The molecule has 224 valence electrons. The molecule has 42 heavy (non-hydrogen) atoms. The number of fused-ring (bicyclic) bond motifs is 2. The lowest BCUT2D eigenvalue weighted by Crippen LogP contribution is -3.00. The number of quaternary nitrogens is 1. The average Bonchev–Trinajstić information content (AvgIpc) is 3.12. The van der Waals surface area contributed by atoms with E-state index in [9.17, 15) is 14.7 Å². The smallest absolute Gasteiger partial charge is 0.347 e. The van der Waals surface area contributed by atoms with Gasteiger partial charge in [-0.2, -0.15) is 0 Å². The fourth-order valence-corrected chi connectivity index (χ4v) is 6.66. The van der Waals surface area contributed by atoms with Crippen molar-refractivity contribution in [2.24, 2.45) is 0 Å². The second kappa shape index (κ2) is 13.8. The maximum absolute atomic E-state index is 13.7. The fourth-order valence-electron chi connectivity index (χ4n) is 6.66. The van der Waals surface area contributed by atoms with E-state index in [-0.39, 0.29) is 42.1 Å². The number of aliphatic hydroxyl groups is 1. The summed E-state index contributed by atoms with van der Waals surface area (Å²) in [6.45, 7) is 3.29. The van der Waals surface area contributed by atoms with Gasteiger partial charge in [-0.05, 0) is 30.2 Å². The predicted molar refractivity (Wildman–Crippen MR) is 155 cm³/mol. The second-order valence-electron chi connectivity index (χ2n) is 11.4. The minimum absolute atomic E-state index is 0. The first-order valence-electron chi connectivity index (χ1n) is 14.6. The van der Waals surface area contributed by atoms with Crippen LogP contribution in [0.3, 0.4) is 0 Å². The van der Waals surface area contributed by atoms with Gasteiger partial charge in [0.05, 0.1) is 38.8 Å². The molecule has 8 heteroatoms. The first-order valence-corrected chi connectivity index (χ1v) is 14.6. The highest BCUT2D eigenvalue weighted by molar-refractivity contribution is 5.85. The van der Waals surface area contributed by atoms with Crippen molar-refractivity contribution in [3.05, 3.63) is 102 Å². The number of rotatable bonds is 11. The molecule has 2 aliphatic heterocycles. The van der Waals surface area contributed by atoms with Crippen molar-refractivity contribution in [2.75, 3.05) is 20.3 Å². The fraction of sp³-hybridized carbons (Fsp3) is 0.412. The van der Waals surface area contributed by atoms with E-state index < -0.39 is 11.6 Å². The lowest BCUT2D eigenvalue weighted by Gasteiger charge is -2.47. The highest BCUT2D eigenvalue weighted by Gasteiger charge is 2.53. The minimum atomic E-state index is -1.87. The van der Waals surface area contributed by atoms with Gasteiger partial charge in [0.25, 0.3) is 0 Å². The van der Waals surface area contributed by atoms with E-state index in [0.717, 1.165) is 42.5 Å². The average molecular weight is 639 g/mol. The molecule has 2 aliphatic rings. The standard InChI is InChI=1S/C34H40NO6.BrH/c1-3-39-32(36)19-20-40-30-16-10-11-25(21-30)24-35(2)28-17-18-29(35)23-31(22-28)41-33(37)34(38,26-12-6-4-7-13-26)27-14-8-5-9-15-27;/h4-16,21,28-29,31,38H,3,17-20,22-24H2,1-2H3;1H/q+1;/p-1/t28-,29+,31?,35?;. The normalized spacial score (nSPS) is 23.0. The molecule has 2 saturated heterocycles. The number of benzene rings is 3. The zero-order valence-corrected chi connectivity index (χ0v) is 25.9. The summed E-state index contributed by atoms with van der Waals surface area (Å²) >= 11 is 0. The molecule has 7 nitrogen and oxygen atoms in total. The van der Waals surface area contributed by atoms with Crippen molar-refractivity contribution in [3.63, 3.8) is 0 Å². The Hall–Kier alpha value is -3.20. The highest BCUT2D eigenvalue weighted by Crippen LogP contribution is 2.44. The zero-order chi connectivity index (χ0) is 28.9. The van der Waals surface area contributed by atoms with Gasteiger partial charge in [0.2, 0.25) is 5.60 Å². The van der Waals surface area contributed by atoms with Gasteiger partial charge in [-0.3, -0.25) is 4.79 Å². The summed E-state index contributed by atoms with van der Waals surface area (Å²) in [6.07, 6.45) is 3.64. The van der Waals surface area contributed by atoms with Crippen LogP contribution in [0.25, 0.3) is 0 Å². The molecule has 0 aliphatic carbocycles. The molecule has 3 aromatic rings. The maximum Gasteiger partial charge on any atom is 0.347 e. The molecule has 2 heterocycles. The van der Waals surface area contributed by atoms with Crippen LogP contribution in [-0.2, 0) is 31.2 Å². The first-order chi connectivity index (χ1) is 19.8. The summed E-state index contributed by atoms with van der Waals surface area (Å²) in [5.41, 5.74) is 0.307. The van der Waals surface area contributed by atoms with Gasteiger partial charge in [-0.1, -0.05) is 72.8 Å². The van der Waals surface area contributed by atoms with E-state index in [0.29, 0.717) is 29.8 Å². The van der Waals surface area contributed by atoms with Crippen LogP contribution in [0.4, 0.5) is 0 Å². The molecule has 0 aromatic heterocycles. The molecule has 2 bridgehead atoms. The molecule has 2 unspecified atom stereocenters. The van der Waals surface area contributed by atoms with E-state index >= 15 is 0 Å². The van der Waals surface area contributed by atoms with Crippen molar-refractivity contribution < 1.29 is 50.4 Å². The lowest BCUT2D eigenvalue weighted by molar-refractivity contribution is -0.961. The van der Waals surface area contributed by atoms with Gasteiger partial charge in [0.1, 0.15) is 18.4 Å². The van der Waals surface area contributed by atoms with Gasteiger partial charge in [-0.15, -0.1) is 0 Å². The Morgan fingerprint density at radius 2 is 1.50 bits per heavy atom. The van der Waals surface area contributed by atoms with Gasteiger partial charge in [0, 0.05) is 31.2 Å². The molecular weight excluding hydrogens is 598 g/mol. The van der Waals surface area contributed by atoms with Crippen LogP contribution >= 0.6 is 0 Å². The number of ether oxygens (including phenoxy) is 3. The van der Waals surface area contributed by atoms with Crippen molar-refractivity contribution in [3.8, 4) is 5.75 Å². The molecule has 2 fully saturated rings. The van der Waals surface area contributed by atoms with Crippen LogP contribution in [-0.4, -0.2) is 60.0 Å². The Labute approximate surface area is 258 Å². The number of carbonyl (C=O) groups is 2. The van der Waals surface area contributed by atoms with Crippen LogP contribution in [0.15, 0.2) is 84.9 Å². The third-order valence-electron chi connectivity index (χ3n) is 8.83. The largest absolute Gasteiger partial charge is 1.00 e. The van der Waals surface area contributed by atoms with Gasteiger partial charge in [0.15, 0.2) is 0 Å². The van der Waals surface area contributed by atoms with Gasteiger partial charge < -0.3 is 40.8 Å². The molecule has 5 rings (SSSR count). The molecule has 3 aromatic carbocycles. The Balaban J connectivity index is 0.00000405. The molecule has 1 N–H and O–H groups in total. The second-order valence-corrected chi connectivity index (χ2v) is 11.4. The van der Waals surface area contributed by atoms with Gasteiger partial charge in [-0.25, -0.2) is 4.79 Å². The molecule has 0 spiro atoms. The molecular formula is C34H40BrNO6. The SMILES string of the molecule is CCOC(=O)CCOc1cccc(C[N+]2(C)[C@@H]3CC[C@H]2CC(OC(=O)C(O)(c2ccccc2)c2ccccc2)C3)c1.[Br-]. The molecule has 0 radical (unpaired) electrons. The van der Waals surface area contributed by atoms with Crippen LogP contribution < -0.4 is 21.7 Å². The molecule has 4 atom stereocenters. The lowest BCUT2D eigenvalue weighted by atomic mass is 9.86. The van der Waals surface area contributed by atoms with E-state index in [4.69, 9.17) is 14.2 Å². The minimum Gasteiger partial charge on any atom is -1.00 e. The van der Waals surface area contributed by atoms with Crippen LogP contribution in [0.2, 0.25) is 0 Å². The number of esters is 2. The van der Waals surface area contributed by atoms with E-state index in [1.54, 1.807) is 31.2 Å². The quantitative estimate of drug-likeness (QED) is 0.256. The summed E-state index contributed by atoms with van der Waals surface area (Å²) in [4.78, 5) is 25.3. The van der Waals surface area contributed by atoms with Gasteiger partial charge >= 0.3 is 11.9 Å². The van der Waals surface area contributed by atoms with Crippen LogP contribution in [0.1, 0.15) is 55.7 Å². The first kappa shape index (κ1) is 31.7. The van der Waals surface area contributed by atoms with Crippen molar-refractivity contribution in [2.45, 2.75) is 69.4 Å². The van der Waals surface area contributed by atoms with E-state index in [2.05, 4.69) is 19.2 Å². The summed E-state index contributed by atoms with van der Waals surface area (Å²) in [7, 11) is 2.30.